The number of phenols is 1. The topological polar surface area (TPSA) is 122 Å². The maximum atomic E-state index is 12.3. The van der Waals surface area contributed by atoms with Gasteiger partial charge in [-0.2, -0.15) is 0 Å². The van der Waals surface area contributed by atoms with Crippen LogP contribution in [0.15, 0.2) is 42.5 Å². The molecule has 0 saturated carbocycles. The molecule has 0 aliphatic carbocycles. The molecule has 8 heteroatoms. The van der Waals surface area contributed by atoms with E-state index < -0.39 is 18.0 Å². The van der Waals surface area contributed by atoms with Gasteiger partial charge in [-0.3, -0.25) is 9.59 Å². The molecule has 0 aromatic heterocycles. The Kier molecular flexibility index (Phi) is 6.15. The Morgan fingerprint density at radius 2 is 1.77 bits per heavy atom. The predicted octanol–water partition coefficient (Wildman–Crippen LogP) is 2.81. The van der Waals surface area contributed by atoms with E-state index in [1.54, 1.807) is 6.92 Å². The summed E-state index contributed by atoms with van der Waals surface area (Å²) in [5.41, 5.74) is 0.786. The second-order valence-electron chi connectivity index (χ2n) is 5.19. The molecule has 0 spiro atoms. The zero-order valence-electron chi connectivity index (χ0n) is 13.9. The Labute approximate surface area is 149 Å². The number of benzene rings is 2. The fourth-order valence-corrected chi connectivity index (χ4v) is 2.08. The Hall–Kier alpha value is -3.55. The molecule has 2 rings (SSSR count). The van der Waals surface area contributed by atoms with Gasteiger partial charge >= 0.3 is 12.1 Å². The van der Waals surface area contributed by atoms with Gasteiger partial charge in [0.15, 0.2) is 0 Å². The van der Waals surface area contributed by atoms with Gasteiger partial charge in [-0.1, -0.05) is 6.07 Å². The lowest BCUT2D eigenvalue weighted by atomic mass is 10.1. The third-order valence-electron chi connectivity index (χ3n) is 3.24. The minimum Gasteiger partial charge on any atom is -0.506 e. The number of hydrogen-bond donors (Lipinski definition) is 3. The monoisotopic (exact) mass is 359 g/mol. The van der Waals surface area contributed by atoms with E-state index in [4.69, 9.17) is 9.84 Å². The molecule has 3 N–H and O–H groups in total. The highest BCUT2D eigenvalue weighted by atomic mass is 16.7. The highest BCUT2D eigenvalue weighted by Gasteiger charge is 2.12. The van der Waals surface area contributed by atoms with Crippen molar-refractivity contribution >= 4 is 23.7 Å². The van der Waals surface area contributed by atoms with E-state index in [1.165, 1.54) is 42.5 Å². The summed E-state index contributed by atoms with van der Waals surface area (Å²) in [5.74, 6) is -1.51. The van der Waals surface area contributed by atoms with Gasteiger partial charge < -0.3 is 25.0 Å². The second kappa shape index (κ2) is 8.52. The molecule has 0 heterocycles. The Morgan fingerprint density at radius 1 is 1.08 bits per heavy atom. The molecular weight excluding hydrogens is 342 g/mol. The standard InChI is InChI=1S/C18H17NO7/c1-2-25-18(24)26-13-6-4-12(5-7-13)17(23)19-14-9-11(10-16(21)22)3-8-15(14)20/h3-9,20H,2,10H2,1H3,(H,19,23)(H,21,22). The van der Waals surface area contributed by atoms with Gasteiger partial charge in [0.25, 0.3) is 5.91 Å². The highest BCUT2D eigenvalue weighted by Crippen LogP contribution is 2.25. The summed E-state index contributed by atoms with van der Waals surface area (Å²) in [7, 11) is 0. The molecule has 2 aromatic rings. The number of carboxylic acids is 1. The van der Waals surface area contributed by atoms with Crippen LogP contribution in [0.25, 0.3) is 0 Å². The smallest absolute Gasteiger partial charge is 0.506 e. The van der Waals surface area contributed by atoms with Gasteiger partial charge in [0, 0.05) is 5.56 Å². The molecule has 136 valence electrons. The lowest BCUT2D eigenvalue weighted by Gasteiger charge is -2.09. The van der Waals surface area contributed by atoms with E-state index in [1.807, 2.05) is 0 Å². The molecule has 26 heavy (non-hydrogen) atoms. The van der Waals surface area contributed by atoms with E-state index in [9.17, 15) is 19.5 Å². The maximum Gasteiger partial charge on any atom is 0.513 e. The normalized spacial score (nSPS) is 10.0. The van der Waals surface area contributed by atoms with Crippen molar-refractivity contribution in [1.82, 2.24) is 0 Å². The van der Waals surface area contributed by atoms with Crippen LogP contribution in [0.4, 0.5) is 10.5 Å². The number of aromatic hydroxyl groups is 1. The number of carboxylic acid groups (broad SMARTS) is 1. The average Bonchev–Trinajstić information content (AvgIpc) is 2.58. The van der Waals surface area contributed by atoms with Crippen LogP contribution in [-0.4, -0.2) is 34.9 Å². The summed E-state index contributed by atoms with van der Waals surface area (Å²) in [4.78, 5) is 34.3. The molecular formula is C18H17NO7. The van der Waals surface area contributed by atoms with Gasteiger partial charge in [-0.05, 0) is 48.9 Å². The Morgan fingerprint density at radius 3 is 2.38 bits per heavy atom. The molecule has 0 unspecified atom stereocenters. The van der Waals surface area contributed by atoms with E-state index in [-0.39, 0.29) is 35.8 Å². The van der Waals surface area contributed by atoms with E-state index in [0.717, 1.165) is 0 Å². The zero-order chi connectivity index (χ0) is 19.1. The largest absolute Gasteiger partial charge is 0.513 e. The van der Waals surface area contributed by atoms with Crippen LogP contribution in [0.1, 0.15) is 22.8 Å². The first-order valence-electron chi connectivity index (χ1n) is 7.68. The number of aliphatic carboxylic acids is 1. The highest BCUT2D eigenvalue weighted by molar-refractivity contribution is 6.05. The number of anilines is 1. The summed E-state index contributed by atoms with van der Waals surface area (Å²) in [5, 5.41) is 21.1. The Bertz CT molecular complexity index is 815. The molecule has 0 bridgehead atoms. The first-order valence-corrected chi connectivity index (χ1v) is 7.68. The lowest BCUT2D eigenvalue weighted by molar-refractivity contribution is -0.136. The minimum atomic E-state index is -1.02. The van der Waals surface area contributed by atoms with Crippen molar-refractivity contribution in [1.29, 1.82) is 0 Å². The van der Waals surface area contributed by atoms with Crippen molar-refractivity contribution in [2.24, 2.45) is 0 Å². The molecule has 0 aliphatic heterocycles. The van der Waals surface area contributed by atoms with Crippen LogP contribution in [0.3, 0.4) is 0 Å². The van der Waals surface area contributed by atoms with Gasteiger partial charge in [-0.15, -0.1) is 0 Å². The Balaban J connectivity index is 2.07. The van der Waals surface area contributed by atoms with E-state index in [2.05, 4.69) is 10.1 Å². The molecule has 8 nitrogen and oxygen atoms in total. The van der Waals surface area contributed by atoms with Crippen LogP contribution in [0.5, 0.6) is 11.5 Å². The number of nitrogens with one attached hydrogen (secondary N) is 1. The fourth-order valence-electron chi connectivity index (χ4n) is 2.08. The molecule has 0 radical (unpaired) electrons. The molecule has 0 fully saturated rings. The van der Waals surface area contributed by atoms with Gasteiger partial charge in [0.1, 0.15) is 11.5 Å². The summed E-state index contributed by atoms with van der Waals surface area (Å²) in [6, 6.07) is 9.87. The van der Waals surface area contributed by atoms with Crippen molar-refractivity contribution in [3.05, 3.63) is 53.6 Å². The number of carbonyl (C=O) groups is 3. The van der Waals surface area contributed by atoms with Crippen molar-refractivity contribution in [2.75, 3.05) is 11.9 Å². The van der Waals surface area contributed by atoms with Crippen LogP contribution in [0.2, 0.25) is 0 Å². The van der Waals surface area contributed by atoms with Gasteiger partial charge in [-0.25, -0.2) is 4.79 Å². The van der Waals surface area contributed by atoms with Crippen molar-refractivity contribution in [2.45, 2.75) is 13.3 Å². The van der Waals surface area contributed by atoms with E-state index in [0.29, 0.717) is 5.56 Å². The lowest BCUT2D eigenvalue weighted by Crippen LogP contribution is -2.13. The third-order valence-corrected chi connectivity index (χ3v) is 3.24. The number of rotatable bonds is 6. The number of amides is 1. The van der Waals surface area contributed by atoms with Crippen LogP contribution < -0.4 is 10.1 Å². The molecule has 2 aromatic carbocycles. The SMILES string of the molecule is CCOC(=O)Oc1ccc(C(=O)Nc2cc(CC(=O)O)ccc2O)cc1. The third kappa shape index (κ3) is 5.23. The molecule has 1 amide bonds. The van der Waals surface area contributed by atoms with Crippen molar-refractivity contribution in [3.63, 3.8) is 0 Å². The molecule has 0 atom stereocenters. The minimum absolute atomic E-state index is 0.0978. The van der Waals surface area contributed by atoms with E-state index >= 15 is 0 Å². The first-order chi connectivity index (χ1) is 12.4. The first kappa shape index (κ1) is 18.8. The van der Waals surface area contributed by atoms with Gasteiger partial charge in [0.05, 0.1) is 18.7 Å². The fraction of sp³-hybridized carbons (Fsp3) is 0.167. The zero-order valence-corrected chi connectivity index (χ0v) is 13.9. The van der Waals surface area contributed by atoms with Crippen molar-refractivity contribution < 1.29 is 34.1 Å². The number of ether oxygens (including phenoxy) is 2. The second-order valence-corrected chi connectivity index (χ2v) is 5.19. The number of hydrogen-bond acceptors (Lipinski definition) is 6. The summed E-state index contributed by atoms with van der Waals surface area (Å²) in [6.45, 7) is 1.83. The average molecular weight is 359 g/mol. The van der Waals surface area contributed by atoms with Crippen LogP contribution >= 0.6 is 0 Å². The quantitative estimate of drug-likeness (QED) is 0.412. The van der Waals surface area contributed by atoms with Crippen LogP contribution in [-0.2, 0) is 16.0 Å². The molecule has 0 saturated heterocycles. The molecule has 0 aliphatic rings. The summed E-state index contributed by atoms with van der Waals surface area (Å²) >= 11 is 0. The summed E-state index contributed by atoms with van der Waals surface area (Å²) < 4.78 is 9.54. The van der Waals surface area contributed by atoms with Gasteiger partial charge in [0.2, 0.25) is 0 Å². The number of phenolic OH excluding ortho intramolecular Hbond substituents is 1. The number of carbonyl (C=O) groups excluding carboxylic acids is 2. The van der Waals surface area contributed by atoms with Crippen LogP contribution in [0, 0.1) is 0 Å². The summed E-state index contributed by atoms with van der Waals surface area (Å²) in [6.07, 6.45) is -1.08. The predicted molar refractivity (Wildman–Crippen MR) is 91.5 cm³/mol. The maximum absolute atomic E-state index is 12.3. The van der Waals surface area contributed by atoms with Crippen molar-refractivity contribution in [3.8, 4) is 11.5 Å².